The largest absolute Gasteiger partial charge is 0.497 e. The van der Waals surface area contributed by atoms with E-state index in [1.54, 1.807) is 7.11 Å². The van der Waals surface area contributed by atoms with Crippen LogP contribution in [-0.4, -0.2) is 37.3 Å². The Morgan fingerprint density at radius 3 is 3.12 bits per heavy atom. The number of methoxy groups -OCH3 is 1. The van der Waals surface area contributed by atoms with Crippen LogP contribution in [0.3, 0.4) is 0 Å². The molecule has 0 radical (unpaired) electrons. The number of nitrogens with two attached hydrogens (primary N) is 1. The monoisotopic (exact) mass is 357 g/mol. The van der Waals surface area contributed by atoms with Gasteiger partial charge in [0.25, 0.3) is 5.91 Å². The third-order valence-corrected chi connectivity index (χ3v) is 5.55. The van der Waals surface area contributed by atoms with Crippen molar-refractivity contribution in [3.05, 3.63) is 29.1 Å². The lowest BCUT2D eigenvalue weighted by Gasteiger charge is -2.10. The van der Waals surface area contributed by atoms with Crippen molar-refractivity contribution in [1.29, 1.82) is 0 Å². The molecule has 3 N–H and O–H groups in total. The van der Waals surface area contributed by atoms with E-state index in [0.29, 0.717) is 17.1 Å². The van der Waals surface area contributed by atoms with Gasteiger partial charge in [-0.3, -0.25) is 4.79 Å². The molecule has 1 aliphatic heterocycles. The van der Waals surface area contributed by atoms with Gasteiger partial charge in [-0.05, 0) is 37.1 Å². The van der Waals surface area contributed by atoms with Gasteiger partial charge in [-0.15, -0.1) is 11.3 Å². The number of hydrogen-bond donors (Lipinski definition) is 2. The SMILES string of the molecule is COc1ccc2nc3sc(C(=O)NC[C@@H]4CCCO4)c(N)c3cc2c1. The Hall–Kier alpha value is -2.38. The van der Waals surface area contributed by atoms with Crippen LogP contribution < -0.4 is 15.8 Å². The zero-order chi connectivity index (χ0) is 17.4. The number of ether oxygens (including phenoxy) is 2. The Morgan fingerprint density at radius 1 is 1.48 bits per heavy atom. The second-order valence-corrected chi connectivity index (χ2v) is 7.09. The van der Waals surface area contributed by atoms with Gasteiger partial charge in [0.05, 0.1) is 24.4 Å². The number of pyridine rings is 1. The summed E-state index contributed by atoms with van der Waals surface area (Å²) in [6, 6.07) is 7.65. The highest BCUT2D eigenvalue weighted by Crippen LogP contribution is 2.35. The predicted octanol–water partition coefficient (Wildman–Crippen LogP) is 2.95. The molecule has 0 unspecified atom stereocenters. The van der Waals surface area contributed by atoms with Crippen molar-refractivity contribution in [1.82, 2.24) is 10.3 Å². The van der Waals surface area contributed by atoms with Crippen molar-refractivity contribution in [2.24, 2.45) is 0 Å². The summed E-state index contributed by atoms with van der Waals surface area (Å²) in [5, 5.41) is 4.65. The van der Waals surface area contributed by atoms with Crippen LogP contribution in [0.1, 0.15) is 22.5 Å². The van der Waals surface area contributed by atoms with Crippen molar-refractivity contribution in [2.45, 2.75) is 18.9 Å². The fourth-order valence-electron chi connectivity index (χ4n) is 3.07. The number of anilines is 1. The lowest BCUT2D eigenvalue weighted by Crippen LogP contribution is -2.31. The number of aromatic nitrogens is 1. The van der Waals surface area contributed by atoms with Gasteiger partial charge >= 0.3 is 0 Å². The maximum absolute atomic E-state index is 12.5. The van der Waals surface area contributed by atoms with E-state index < -0.39 is 0 Å². The molecule has 0 aliphatic carbocycles. The van der Waals surface area contributed by atoms with E-state index in [1.165, 1.54) is 11.3 Å². The number of nitrogens with one attached hydrogen (secondary N) is 1. The van der Waals surface area contributed by atoms with E-state index in [4.69, 9.17) is 15.2 Å². The summed E-state index contributed by atoms with van der Waals surface area (Å²) < 4.78 is 10.8. The van der Waals surface area contributed by atoms with Gasteiger partial charge in [0.2, 0.25) is 0 Å². The summed E-state index contributed by atoms with van der Waals surface area (Å²) in [5.74, 6) is 0.592. The highest BCUT2D eigenvalue weighted by atomic mass is 32.1. The van der Waals surface area contributed by atoms with Crippen molar-refractivity contribution < 1.29 is 14.3 Å². The Labute approximate surface area is 148 Å². The van der Waals surface area contributed by atoms with E-state index in [1.807, 2.05) is 24.3 Å². The van der Waals surface area contributed by atoms with Crippen molar-refractivity contribution in [2.75, 3.05) is 26.0 Å². The molecule has 25 heavy (non-hydrogen) atoms. The topological polar surface area (TPSA) is 86.5 Å². The van der Waals surface area contributed by atoms with E-state index in [9.17, 15) is 4.79 Å². The maximum atomic E-state index is 12.5. The molecular formula is C18H19N3O3S. The Bertz CT molecular complexity index is 948. The number of nitrogen functional groups attached to an aromatic ring is 1. The van der Waals surface area contributed by atoms with E-state index in [2.05, 4.69) is 10.3 Å². The summed E-state index contributed by atoms with van der Waals surface area (Å²) in [6.45, 7) is 1.28. The molecule has 0 bridgehead atoms. The fourth-order valence-corrected chi connectivity index (χ4v) is 4.07. The molecule has 1 aliphatic rings. The Kier molecular flexibility index (Phi) is 4.19. The normalized spacial score (nSPS) is 17.2. The predicted molar refractivity (Wildman–Crippen MR) is 99.4 cm³/mol. The van der Waals surface area contributed by atoms with Crippen LogP contribution in [0, 0.1) is 0 Å². The minimum Gasteiger partial charge on any atom is -0.497 e. The molecule has 6 nitrogen and oxygen atoms in total. The summed E-state index contributed by atoms with van der Waals surface area (Å²) in [6.07, 6.45) is 2.13. The number of hydrogen-bond acceptors (Lipinski definition) is 6. The van der Waals surface area contributed by atoms with Crippen LogP contribution >= 0.6 is 11.3 Å². The number of amides is 1. The molecule has 1 saturated heterocycles. The number of nitrogens with zero attached hydrogens (tertiary/aromatic N) is 1. The molecule has 0 saturated carbocycles. The van der Waals surface area contributed by atoms with Gasteiger partial charge in [0.15, 0.2) is 0 Å². The fraction of sp³-hybridized carbons (Fsp3) is 0.333. The first kappa shape index (κ1) is 16.1. The van der Waals surface area contributed by atoms with Gasteiger partial charge in [0, 0.05) is 23.9 Å². The number of thiophene rings is 1. The van der Waals surface area contributed by atoms with Gasteiger partial charge in [-0.1, -0.05) is 0 Å². The minimum absolute atomic E-state index is 0.104. The van der Waals surface area contributed by atoms with Crippen LogP contribution in [-0.2, 0) is 4.74 Å². The van der Waals surface area contributed by atoms with Crippen LogP contribution in [0.5, 0.6) is 5.75 Å². The van der Waals surface area contributed by atoms with Crippen molar-refractivity contribution in [3.63, 3.8) is 0 Å². The highest BCUT2D eigenvalue weighted by Gasteiger charge is 2.21. The first-order valence-electron chi connectivity index (χ1n) is 8.22. The van der Waals surface area contributed by atoms with Crippen LogP contribution in [0.25, 0.3) is 21.1 Å². The van der Waals surface area contributed by atoms with Gasteiger partial charge in [-0.25, -0.2) is 4.98 Å². The van der Waals surface area contributed by atoms with Gasteiger partial charge < -0.3 is 20.5 Å². The van der Waals surface area contributed by atoms with E-state index in [0.717, 1.165) is 46.3 Å². The zero-order valence-corrected chi connectivity index (χ0v) is 14.7. The maximum Gasteiger partial charge on any atom is 0.263 e. The summed E-state index contributed by atoms with van der Waals surface area (Å²) in [5.41, 5.74) is 7.55. The minimum atomic E-state index is -0.169. The molecule has 3 aromatic rings. The molecule has 130 valence electrons. The number of carbonyl (C=O) groups is 1. The second-order valence-electron chi connectivity index (χ2n) is 6.09. The van der Waals surface area contributed by atoms with Gasteiger partial charge in [-0.2, -0.15) is 0 Å². The lowest BCUT2D eigenvalue weighted by atomic mass is 10.1. The molecule has 4 rings (SSSR count). The van der Waals surface area contributed by atoms with Crippen molar-refractivity contribution in [3.8, 4) is 5.75 Å². The van der Waals surface area contributed by atoms with Gasteiger partial charge in [0.1, 0.15) is 15.5 Å². The molecule has 1 amide bonds. The molecule has 1 aromatic carbocycles. The molecule has 3 heterocycles. The summed E-state index contributed by atoms with van der Waals surface area (Å²) in [7, 11) is 1.63. The quantitative estimate of drug-likeness (QED) is 0.750. The first-order valence-corrected chi connectivity index (χ1v) is 9.04. The molecule has 2 aromatic heterocycles. The molecule has 7 heteroatoms. The van der Waals surface area contributed by atoms with Crippen LogP contribution in [0.4, 0.5) is 5.69 Å². The first-order chi connectivity index (χ1) is 12.2. The molecule has 1 fully saturated rings. The number of rotatable bonds is 4. The zero-order valence-electron chi connectivity index (χ0n) is 13.9. The smallest absolute Gasteiger partial charge is 0.263 e. The molecule has 1 atom stereocenters. The number of benzene rings is 1. The lowest BCUT2D eigenvalue weighted by molar-refractivity contribution is 0.0862. The Morgan fingerprint density at radius 2 is 2.36 bits per heavy atom. The van der Waals surface area contributed by atoms with E-state index >= 15 is 0 Å². The van der Waals surface area contributed by atoms with Crippen LogP contribution in [0.15, 0.2) is 24.3 Å². The number of fused-ring (bicyclic) bond motifs is 2. The number of carbonyl (C=O) groups excluding carboxylic acids is 1. The van der Waals surface area contributed by atoms with Crippen LogP contribution in [0.2, 0.25) is 0 Å². The second kappa shape index (κ2) is 6.50. The Balaban J connectivity index is 1.66. The molecule has 0 spiro atoms. The summed E-state index contributed by atoms with van der Waals surface area (Å²) >= 11 is 1.32. The third-order valence-electron chi connectivity index (χ3n) is 4.44. The van der Waals surface area contributed by atoms with E-state index in [-0.39, 0.29) is 12.0 Å². The average molecular weight is 357 g/mol. The summed E-state index contributed by atoms with van der Waals surface area (Å²) in [4.78, 5) is 18.4. The van der Waals surface area contributed by atoms with Crippen molar-refractivity contribution >= 4 is 44.1 Å². The molecular weight excluding hydrogens is 338 g/mol. The average Bonchev–Trinajstić information content (AvgIpc) is 3.26. The highest BCUT2D eigenvalue weighted by molar-refractivity contribution is 7.21. The third kappa shape index (κ3) is 3.01. The standard InChI is InChI=1S/C18H19N3O3S/c1-23-11-4-5-14-10(7-11)8-13-15(19)16(25-18(13)21-14)17(22)20-9-12-3-2-6-24-12/h4-5,7-8,12H,2-3,6,9,19H2,1H3,(H,20,22)/t12-/m0/s1.